The van der Waals surface area contributed by atoms with Crippen LogP contribution in [0.2, 0.25) is 5.02 Å². The van der Waals surface area contributed by atoms with Crippen LogP contribution < -0.4 is 16.0 Å². The topological polar surface area (TPSA) is 108 Å². The third-order valence-electron chi connectivity index (χ3n) is 5.36. The highest BCUT2D eigenvalue weighted by atomic mass is 35.5. The van der Waals surface area contributed by atoms with Crippen LogP contribution in [0.1, 0.15) is 30.0 Å². The van der Waals surface area contributed by atoms with Gasteiger partial charge in [0.1, 0.15) is 12.1 Å². The molecule has 9 heteroatoms. The second-order valence-electron chi connectivity index (χ2n) is 7.39. The summed E-state index contributed by atoms with van der Waals surface area (Å²) in [5.74, 6) is -1.35. The molecule has 0 radical (unpaired) electrons. The number of hydrogen-bond donors (Lipinski definition) is 3. The van der Waals surface area contributed by atoms with E-state index < -0.39 is 36.0 Å². The first kappa shape index (κ1) is 22.3. The Morgan fingerprint density at radius 1 is 1.06 bits per heavy atom. The second kappa shape index (κ2) is 8.77. The highest BCUT2D eigenvalue weighted by Crippen LogP contribution is 2.33. The average Bonchev–Trinajstić information content (AvgIpc) is 2.96. The molecule has 0 aromatic heterocycles. The van der Waals surface area contributed by atoms with Crippen LogP contribution in [-0.2, 0) is 15.1 Å². The van der Waals surface area contributed by atoms with Crippen molar-refractivity contribution in [3.8, 4) is 0 Å². The molecule has 1 heterocycles. The molecule has 0 bridgehead atoms. The van der Waals surface area contributed by atoms with Gasteiger partial charge in [0.25, 0.3) is 5.91 Å². The van der Waals surface area contributed by atoms with E-state index in [2.05, 4.69) is 16.0 Å². The number of amides is 6. The molecule has 1 fully saturated rings. The molecule has 8 nitrogen and oxygen atoms in total. The molecule has 162 valence electrons. The molecule has 1 aliphatic heterocycles. The van der Waals surface area contributed by atoms with Gasteiger partial charge in [-0.2, -0.15) is 0 Å². The van der Waals surface area contributed by atoms with Crippen molar-refractivity contribution in [2.75, 3.05) is 11.9 Å². The van der Waals surface area contributed by atoms with Crippen LogP contribution in [0, 0.1) is 13.8 Å². The number of nitrogens with zero attached hydrogens (tertiary/aromatic N) is 1. The van der Waals surface area contributed by atoms with Crippen molar-refractivity contribution >= 4 is 41.2 Å². The first-order valence-electron chi connectivity index (χ1n) is 9.74. The van der Waals surface area contributed by atoms with E-state index in [-0.39, 0.29) is 6.42 Å². The van der Waals surface area contributed by atoms with Gasteiger partial charge in [0.15, 0.2) is 0 Å². The van der Waals surface area contributed by atoms with Gasteiger partial charge in [-0.3, -0.25) is 19.8 Å². The summed E-state index contributed by atoms with van der Waals surface area (Å²) in [6.45, 7) is 5.02. The van der Waals surface area contributed by atoms with E-state index in [0.717, 1.165) is 16.0 Å². The minimum atomic E-state index is -1.29. The smallest absolute Gasteiger partial charge is 0.319 e. The molecule has 1 saturated heterocycles. The lowest BCUT2D eigenvalue weighted by atomic mass is 9.87. The van der Waals surface area contributed by atoms with Gasteiger partial charge < -0.3 is 10.6 Å². The number of carbonyl (C=O) groups is 4. The summed E-state index contributed by atoms with van der Waals surface area (Å²) in [4.78, 5) is 50.8. The highest BCUT2D eigenvalue weighted by molar-refractivity contribution is 6.30. The molecule has 31 heavy (non-hydrogen) atoms. The number of imide groups is 2. The van der Waals surface area contributed by atoms with Crippen molar-refractivity contribution in [1.29, 1.82) is 0 Å². The van der Waals surface area contributed by atoms with Crippen LogP contribution in [0.3, 0.4) is 0 Å². The van der Waals surface area contributed by atoms with E-state index in [9.17, 15) is 19.2 Å². The first-order valence-corrected chi connectivity index (χ1v) is 10.1. The van der Waals surface area contributed by atoms with E-state index in [4.69, 9.17) is 11.6 Å². The van der Waals surface area contributed by atoms with E-state index in [0.29, 0.717) is 16.3 Å². The molecule has 1 unspecified atom stereocenters. The van der Waals surface area contributed by atoms with Crippen LogP contribution in [0.5, 0.6) is 0 Å². The maximum absolute atomic E-state index is 13.1. The molecule has 1 atom stereocenters. The van der Waals surface area contributed by atoms with Gasteiger partial charge in [-0.1, -0.05) is 36.7 Å². The summed E-state index contributed by atoms with van der Waals surface area (Å²) < 4.78 is 0. The normalized spacial score (nSPS) is 18.0. The number of benzene rings is 2. The summed E-state index contributed by atoms with van der Waals surface area (Å²) in [5, 5.41) is 7.88. The number of urea groups is 2. The molecular weight excluding hydrogens is 420 g/mol. The molecule has 0 saturated carbocycles. The van der Waals surface area contributed by atoms with E-state index in [1.807, 2.05) is 19.9 Å². The van der Waals surface area contributed by atoms with Crippen molar-refractivity contribution in [2.45, 2.75) is 32.7 Å². The number of anilines is 1. The Labute approximate surface area is 184 Å². The molecule has 6 amide bonds. The standard InChI is InChI=1S/C22H23ClN4O4/c1-4-22(15-6-8-16(23)9-7-15)19(29)27(21(31)26-22)12-18(28)25-20(30)24-17-10-5-13(2)14(3)11-17/h5-11H,4,12H2,1-3H3,(H,26,31)(H2,24,25,28,30). The minimum absolute atomic E-state index is 0.282. The monoisotopic (exact) mass is 442 g/mol. The Balaban J connectivity index is 1.67. The van der Waals surface area contributed by atoms with Gasteiger partial charge in [0, 0.05) is 10.7 Å². The molecule has 0 spiro atoms. The third kappa shape index (κ3) is 4.54. The predicted molar refractivity (Wildman–Crippen MR) is 117 cm³/mol. The lowest BCUT2D eigenvalue weighted by Crippen LogP contribution is -2.46. The maximum Gasteiger partial charge on any atom is 0.325 e. The lowest BCUT2D eigenvalue weighted by Gasteiger charge is -2.25. The molecular formula is C22H23ClN4O4. The van der Waals surface area contributed by atoms with Crippen LogP contribution in [0.4, 0.5) is 15.3 Å². The van der Waals surface area contributed by atoms with Gasteiger partial charge in [0.05, 0.1) is 0 Å². The summed E-state index contributed by atoms with van der Waals surface area (Å²) in [5.41, 5.74) is 1.86. The zero-order chi connectivity index (χ0) is 22.8. The maximum atomic E-state index is 13.1. The summed E-state index contributed by atoms with van der Waals surface area (Å²) >= 11 is 5.92. The fourth-order valence-corrected chi connectivity index (χ4v) is 3.56. The number of rotatable bonds is 5. The van der Waals surface area contributed by atoms with Crippen molar-refractivity contribution in [1.82, 2.24) is 15.5 Å². The number of nitrogens with one attached hydrogen (secondary N) is 3. The van der Waals surface area contributed by atoms with Crippen LogP contribution >= 0.6 is 11.6 Å². The minimum Gasteiger partial charge on any atom is -0.319 e. The third-order valence-corrected chi connectivity index (χ3v) is 5.61. The van der Waals surface area contributed by atoms with Crippen LogP contribution in [-0.4, -0.2) is 35.3 Å². The number of aryl methyl sites for hydroxylation is 2. The van der Waals surface area contributed by atoms with Crippen molar-refractivity contribution < 1.29 is 19.2 Å². The predicted octanol–water partition coefficient (Wildman–Crippen LogP) is 3.46. The largest absolute Gasteiger partial charge is 0.325 e. The molecule has 3 rings (SSSR count). The van der Waals surface area contributed by atoms with Gasteiger partial charge >= 0.3 is 12.1 Å². The van der Waals surface area contributed by atoms with Crippen molar-refractivity contribution in [3.05, 3.63) is 64.2 Å². The Morgan fingerprint density at radius 2 is 1.74 bits per heavy atom. The van der Waals surface area contributed by atoms with Crippen LogP contribution in [0.25, 0.3) is 0 Å². The summed E-state index contributed by atoms with van der Waals surface area (Å²) in [7, 11) is 0. The molecule has 2 aromatic rings. The Hall–Kier alpha value is -3.39. The second-order valence-corrected chi connectivity index (χ2v) is 7.83. The van der Waals surface area contributed by atoms with Crippen molar-refractivity contribution in [2.24, 2.45) is 0 Å². The SMILES string of the molecule is CCC1(c2ccc(Cl)cc2)NC(=O)N(CC(=O)NC(=O)Nc2ccc(C)c(C)c2)C1=O. The van der Waals surface area contributed by atoms with Gasteiger partial charge in [-0.15, -0.1) is 0 Å². The van der Waals surface area contributed by atoms with E-state index in [1.54, 1.807) is 43.3 Å². The number of hydrogen-bond acceptors (Lipinski definition) is 4. The molecule has 0 aliphatic carbocycles. The lowest BCUT2D eigenvalue weighted by molar-refractivity contribution is -0.135. The molecule has 1 aliphatic rings. The summed E-state index contributed by atoms with van der Waals surface area (Å²) in [6.07, 6.45) is 0.282. The van der Waals surface area contributed by atoms with Gasteiger partial charge in [-0.05, 0) is 61.2 Å². The van der Waals surface area contributed by atoms with E-state index >= 15 is 0 Å². The average molecular weight is 443 g/mol. The number of carbonyl (C=O) groups excluding carboxylic acids is 4. The first-order chi connectivity index (χ1) is 14.7. The van der Waals surface area contributed by atoms with E-state index in [1.165, 1.54) is 0 Å². The quantitative estimate of drug-likeness (QED) is 0.616. The summed E-state index contributed by atoms with van der Waals surface area (Å²) in [6, 6.07) is 10.5. The molecule has 2 aromatic carbocycles. The van der Waals surface area contributed by atoms with Crippen LogP contribution in [0.15, 0.2) is 42.5 Å². The van der Waals surface area contributed by atoms with Gasteiger partial charge in [0.2, 0.25) is 5.91 Å². The Kier molecular flexibility index (Phi) is 6.31. The Bertz CT molecular complexity index is 1050. The fraction of sp³-hybridized carbons (Fsp3) is 0.273. The number of halogens is 1. The fourth-order valence-electron chi connectivity index (χ4n) is 3.43. The molecule has 3 N–H and O–H groups in total. The zero-order valence-corrected chi connectivity index (χ0v) is 18.2. The Morgan fingerprint density at radius 3 is 2.35 bits per heavy atom. The van der Waals surface area contributed by atoms with Gasteiger partial charge in [-0.25, -0.2) is 9.59 Å². The highest BCUT2D eigenvalue weighted by Gasteiger charge is 2.51. The van der Waals surface area contributed by atoms with Crippen molar-refractivity contribution in [3.63, 3.8) is 0 Å². The zero-order valence-electron chi connectivity index (χ0n) is 17.4.